The van der Waals surface area contributed by atoms with Gasteiger partial charge in [-0.1, -0.05) is 33.1 Å². The normalized spacial score (nSPS) is 15.9. The van der Waals surface area contributed by atoms with Crippen molar-refractivity contribution in [1.29, 1.82) is 0 Å². The van der Waals surface area contributed by atoms with Gasteiger partial charge in [0.15, 0.2) is 0 Å². The Balaban J connectivity index is 1.74. The van der Waals surface area contributed by atoms with Crippen molar-refractivity contribution in [2.45, 2.75) is 64.5 Å². The Hall–Kier alpha value is -2.08. The molecule has 0 heterocycles. The van der Waals surface area contributed by atoms with E-state index in [1.807, 2.05) is 13.8 Å². The molecule has 1 aromatic rings. The Morgan fingerprint density at radius 3 is 2.39 bits per heavy atom. The topological polar surface area (TPSA) is 76.7 Å². The van der Waals surface area contributed by atoms with E-state index in [1.165, 1.54) is 19.3 Å². The quantitative estimate of drug-likeness (QED) is 0.601. The van der Waals surface area contributed by atoms with Crippen LogP contribution in [0.25, 0.3) is 0 Å². The van der Waals surface area contributed by atoms with E-state index in [9.17, 15) is 9.59 Å². The van der Waals surface area contributed by atoms with E-state index >= 15 is 0 Å². The maximum absolute atomic E-state index is 12.5. The first-order valence-corrected chi connectivity index (χ1v) is 10.4. The number of nitrogens with one attached hydrogen (secondary N) is 2. The van der Waals surface area contributed by atoms with Gasteiger partial charge in [0.05, 0.1) is 13.2 Å². The minimum absolute atomic E-state index is 0.0133. The molecule has 1 saturated carbocycles. The van der Waals surface area contributed by atoms with Gasteiger partial charge in [0.2, 0.25) is 5.91 Å². The van der Waals surface area contributed by atoms with E-state index in [4.69, 9.17) is 9.47 Å². The molecule has 0 radical (unpaired) electrons. The van der Waals surface area contributed by atoms with Gasteiger partial charge >= 0.3 is 0 Å². The summed E-state index contributed by atoms with van der Waals surface area (Å²) in [5.41, 5.74) is 0.500. The molecule has 0 aliphatic heterocycles. The molecule has 1 aromatic carbocycles. The van der Waals surface area contributed by atoms with E-state index in [0.717, 1.165) is 19.3 Å². The Labute approximate surface area is 168 Å². The molecule has 0 saturated heterocycles. The number of benzene rings is 1. The summed E-state index contributed by atoms with van der Waals surface area (Å²) in [6.07, 6.45) is 7.29. The van der Waals surface area contributed by atoms with Crippen molar-refractivity contribution in [3.8, 4) is 5.75 Å². The molecule has 6 heteroatoms. The summed E-state index contributed by atoms with van der Waals surface area (Å²) in [5, 5.41) is 5.76. The summed E-state index contributed by atoms with van der Waals surface area (Å²) in [7, 11) is 1.58. The molecule has 2 N–H and O–H groups in total. The smallest absolute Gasteiger partial charge is 0.251 e. The van der Waals surface area contributed by atoms with Crippen molar-refractivity contribution in [2.24, 2.45) is 5.92 Å². The maximum Gasteiger partial charge on any atom is 0.251 e. The first-order chi connectivity index (χ1) is 13.5. The SMILES string of the molecule is COc1ccc(C(=O)NC(C(=O)NCCCOC2CCCCC2)C(C)C)cc1. The number of methoxy groups -OCH3 is 1. The van der Waals surface area contributed by atoms with E-state index in [0.29, 0.717) is 30.6 Å². The van der Waals surface area contributed by atoms with Crippen molar-refractivity contribution < 1.29 is 19.1 Å². The Morgan fingerprint density at radius 1 is 1.11 bits per heavy atom. The zero-order valence-electron chi connectivity index (χ0n) is 17.3. The standard InChI is InChI=1S/C22H34N2O4/c1-16(2)20(24-21(25)17-10-12-18(27-3)13-11-17)22(26)23-14-7-15-28-19-8-5-4-6-9-19/h10-13,16,19-20H,4-9,14-15H2,1-3H3,(H,23,26)(H,24,25). The van der Waals surface area contributed by atoms with Crippen LogP contribution in [-0.4, -0.2) is 44.2 Å². The molecule has 0 aromatic heterocycles. The van der Waals surface area contributed by atoms with Crippen molar-refractivity contribution in [3.05, 3.63) is 29.8 Å². The van der Waals surface area contributed by atoms with Gasteiger partial charge in [-0.05, 0) is 49.4 Å². The Morgan fingerprint density at radius 2 is 1.79 bits per heavy atom. The molecule has 1 fully saturated rings. The lowest BCUT2D eigenvalue weighted by atomic mass is 9.98. The highest BCUT2D eigenvalue weighted by atomic mass is 16.5. The van der Waals surface area contributed by atoms with Crippen LogP contribution in [0.5, 0.6) is 5.75 Å². The summed E-state index contributed by atoms with van der Waals surface area (Å²) < 4.78 is 11.0. The summed E-state index contributed by atoms with van der Waals surface area (Å²) in [4.78, 5) is 25.0. The highest BCUT2D eigenvalue weighted by Gasteiger charge is 2.24. The molecular formula is C22H34N2O4. The number of ether oxygens (including phenoxy) is 2. The van der Waals surface area contributed by atoms with Gasteiger partial charge in [0.1, 0.15) is 11.8 Å². The fraction of sp³-hybridized carbons (Fsp3) is 0.636. The molecule has 156 valence electrons. The molecule has 1 atom stereocenters. The van der Waals surface area contributed by atoms with Gasteiger partial charge in [-0.25, -0.2) is 0 Å². The second-order valence-electron chi connectivity index (χ2n) is 7.70. The molecule has 2 rings (SSSR count). The van der Waals surface area contributed by atoms with Crippen LogP contribution in [0.4, 0.5) is 0 Å². The summed E-state index contributed by atoms with van der Waals surface area (Å²) in [5.74, 6) is 0.248. The molecule has 0 spiro atoms. The monoisotopic (exact) mass is 390 g/mol. The fourth-order valence-corrected chi connectivity index (χ4v) is 3.38. The number of carbonyl (C=O) groups excluding carboxylic acids is 2. The van der Waals surface area contributed by atoms with Crippen LogP contribution in [-0.2, 0) is 9.53 Å². The highest BCUT2D eigenvalue weighted by Crippen LogP contribution is 2.20. The van der Waals surface area contributed by atoms with Crippen molar-refractivity contribution in [3.63, 3.8) is 0 Å². The first kappa shape index (κ1) is 22.2. The van der Waals surface area contributed by atoms with Gasteiger partial charge in [-0.15, -0.1) is 0 Å². The average Bonchev–Trinajstić information content (AvgIpc) is 2.72. The van der Waals surface area contributed by atoms with Gasteiger partial charge < -0.3 is 20.1 Å². The number of carbonyl (C=O) groups is 2. The number of hydrogen-bond acceptors (Lipinski definition) is 4. The maximum atomic E-state index is 12.5. The molecule has 6 nitrogen and oxygen atoms in total. The van der Waals surface area contributed by atoms with E-state index in [2.05, 4.69) is 10.6 Å². The number of hydrogen-bond donors (Lipinski definition) is 2. The van der Waals surface area contributed by atoms with E-state index in [-0.39, 0.29) is 17.7 Å². The third-order valence-electron chi connectivity index (χ3n) is 5.11. The number of amides is 2. The van der Waals surface area contributed by atoms with Gasteiger partial charge in [-0.3, -0.25) is 9.59 Å². The lowest BCUT2D eigenvalue weighted by molar-refractivity contribution is -0.124. The minimum atomic E-state index is -0.575. The van der Waals surface area contributed by atoms with Gasteiger partial charge in [0, 0.05) is 18.7 Å². The molecule has 28 heavy (non-hydrogen) atoms. The zero-order valence-corrected chi connectivity index (χ0v) is 17.3. The van der Waals surface area contributed by atoms with Crippen LogP contribution >= 0.6 is 0 Å². The molecular weight excluding hydrogens is 356 g/mol. The van der Waals surface area contributed by atoms with E-state index in [1.54, 1.807) is 31.4 Å². The predicted molar refractivity (Wildman–Crippen MR) is 110 cm³/mol. The third kappa shape index (κ3) is 7.15. The van der Waals surface area contributed by atoms with Crippen molar-refractivity contribution in [2.75, 3.05) is 20.3 Å². The summed E-state index contributed by atoms with van der Waals surface area (Å²) in [6.45, 7) is 5.05. The lowest BCUT2D eigenvalue weighted by Crippen LogP contribution is -2.50. The van der Waals surface area contributed by atoms with Crippen LogP contribution in [0.15, 0.2) is 24.3 Å². The average molecular weight is 391 g/mol. The molecule has 2 amide bonds. The van der Waals surface area contributed by atoms with Crippen LogP contribution < -0.4 is 15.4 Å². The fourth-order valence-electron chi connectivity index (χ4n) is 3.38. The summed E-state index contributed by atoms with van der Waals surface area (Å²) in [6, 6.07) is 6.25. The van der Waals surface area contributed by atoms with Crippen molar-refractivity contribution in [1.82, 2.24) is 10.6 Å². The molecule has 1 aliphatic rings. The molecule has 1 aliphatic carbocycles. The van der Waals surface area contributed by atoms with Gasteiger partial charge in [-0.2, -0.15) is 0 Å². The van der Waals surface area contributed by atoms with Crippen LogP contribution in [0.2, 0.25) is 0 Å². The molecule has 1 unspecified atom stereocenters. The van der Waals surface area contributed by atoms with Crippen molar-refractivity contribution >= 4 is 11.8 Å². The third-order valence-corrected chi connectivity index (χ3v) is 5.11. The van der Waals surface area contributed by atoms with Crippen LogP contribution in [0, 0.1) is 5.92 Å². The summed E-state index contributed by atoms with van der Waals surface area (Å²) >= 11 is 0. The number of rotatable bonds is 10. The second kappa shape index (κ2) is 11.7. The van der Waals surface area contributed by atoms with E-state index < -0.39 is 6.04 Å². The second-order valence-corrected chi connectivity index (χ2v) is 7.70. The van der Waals surface area contributed by atoms with Gasteiger partial charge in [0.25, 0.3) is 5.91 Å². The Bertz CT molecular complexity index is 609. The zero-order chi connectivity index (χ0) is 20.4. The highest BCUT2D eigenvalue weighted by molar-refractivity contribution is 5.97. The predicted octanol–water partition coefficient (Wildman–Crippen LogP) is 3.31. The first-order valence-electron chi connectivity index (χ1n) is 10.4. The minimum Gasteiger partial charge on any atom is -0.497 e. The largest absolute Gasteiger partial charge is 0.497 e. The Kier molecular flexibility index (Phi) is 9.28. The van der Waals surface area contributed by atoms with Crippen LogP contribution in [0.1, 0.15) is 62.7 Å². The molecule has 0 bridgehead atoms. The lowest BCUT2D eigenvalue weighted by Gasteiger charge is -2.23. The van der Waals surface area contributed by atoms with Crippen LogP contribution in [0.3, 0.4) is 0 Å².